The Hall–Kier alpha value is -4.32. The van der Waals surface area contributed by atoms with Gasteiger partial charge in [-0.15, -0.1) is 0 Å². The average molecular weight is 681 g/mol. The van der Waals surface area contributed by atoms with Crippen LogP contribution in [0.4, 0.5) is 0 Å². The van der Waals surface area contributed by atoms with Crippen molar-refractivity contribution in [1.29, 1.82) is 0 Å². The quantitative estimate of drug-likeness (QED) is 0.112. The third-order valence-corrected chi connectivity index (χ3v) is 9.35. The second kappa shape index (κ2) is 20.3. The molecule has 1 amide bonds. The molecular formula is C41H52N4O3S. The predicted molar refractivity (Wildman–Crippen MR) is 205 cm³/mol. The van der Waals surface area contributed by atoms with Crippen LogP contribution >= 0.6 is 11.8 Å². The normalized spacial score (nSPS) is 17.1. The summed E-state index contributed by atoms with van der Waals surface area (Å²) in [5.41, 5.74) is 20.8. The maximum atomic E-state index is 11.2. The standard InChI is InChI=1S/C24H31N3O.C17H21NO2S/c1-6-9-10-20(14-11-19-12-15-21(16-13-19)24(26)28)22(18(5)27-8-3)23(25)17(4)7-2;1-12-8-9-15(19-12)10-21-11-16-13(2)18-20-17(16)14-6-4-3-5-7-14/h8,10,12-13,15-16H,6-7,9,25H2,1-5H3,(H2,26,28);3-7,12,15H,8-11H2,1-2H3/b20-10-,22-18-,23-17-,27-8?;. The van der Waals surface area contributed by atoms with E-state index < -0.39 is 5.91 Å². The Bertz CT molecular complexity index is 1710. The van der Waals surface area contributed by atoms with E-state index in [1.807, 2.05) is 57.7 Å². The second-order valence-electron chi connectivity index (χ2n) is 12.1. The zero-order valence-electron chi connectivity index (χ0n) is 30.1. The van der Waals surface area contributed by atoms with Gasteiger partial charge < -0.3 is 20.7 Å². The lowest BCUT2D eigenvalue weighted by Gasteiger charge is -2.14. The number of unbranched alkanes of at least 4 members (excludes halogenated alkanes) is 1. The van der Waals surface area contributed by atoms with Crippen molar-refractivity contribution in [1.82, 2.24) is 5.16 Å². The molecule has 260 valence electrons. The Balaban J connectivity index is 0.000000275. The summed E-state index contributed by atoms with van der Waals surface area (Å²) in [5, 5.41) is 4.14. The van der Waals surface area contributed by atoms with Gasteiger partial charge in [0.05, 0.1) is 17.9 Å². The molecule has 2 heterocycles. The summed E-state index contributed by atoms with van der Waals surface area (Å²) in [7, 11) is 0. The minimum Gasteiger partial charge on any atom is -0.398 e. The van der Waals surface area contributed by atoms with Gasteiger partial charge in [-0.05, 0) is 90.1 Å². The van der Waals surface area contributed by atoms with Gasteiger partial charge in [-0.25, -0.2) is 0 Å². The van der Waals surface area contributed by atoms with Crippen LogP contribution in [0.2, 0.25) is 0 Å². The highest BCUT2D eigenvalue weighted by atomic mass is 32.2. The number of benzene rings is 2. The van der Waals surface area contributed by atoms with Crippen molar-refractivity contribution in [2.75, 3.05) is 5.75 Å². The van der Waals surface area contributed by atoms with Gasteiger partial charge in [0.15, 0.2) is 5.76 Å². The molecule has 1 saturated heterocycles. The first-order valence-corrected chi connectivity index (χ1v) is 18.3. The number of amides is 1. The summed E-state index contributed by atoms with van der Waals surface area (Å²) in [4.78, 5) is 15.7. The molecule has 0 aliphatic carbocycles. The van der Waals surface area contributed by atoms with Gasteiger partial charge in [-0.2, -0.15) is 11.8 Å². The Morgan fingerprint density at radius 2 is 1.80 bits per heavy atom. The van der Waals surface area contributed by atoms with E-state index in [2.05, 4.69) is 61.0 Å². The highest BCUT2D eigenvalue weighted by Crippen LogP contribution is 2.31. The van der Waals surface area contributed by atoms with Crippen molar-refractivity contribution >= 4 is 23.9 Å². The molecule has 4 rings (SSSR count). The van der Waals surface area contributed by atoms with E-state index in [1.165, 1.54) is 18.4 Å². The van der Waals surface area contributed by atoms with E-state index in [0.29, 0.717) is 17.8 Å². The van der Waals surface area contributed by atoms with Crippen LogP contribution in [-0.4, -0.2) is 35.2 Å². The average Bonchev–Trinajstić information content (AvgIpc) is 3.70. The SMILES string of the molecule is CC=N/C(C)=C(C(/C#Cc1ccc(C(N)=O)cc1)=C\CCC)\C(N)=C(/C)CC.Cc1noc(-c2ccccc2)c1CSCC1CCC(C)O1. The fourth-order valence-electron chi connectivity index (χ4n) is 5.23. The van der Waals surface area contributed by atoms with E-state index in [-0.39, 0.29) is 0 Å². The zero-order chi connectivity index (χ0) is 35.8. The van der Waals surface area contributed by atoms with Gasteiger partial charge >= 0.3 is 0 Å². The summed E-state index contributed by atoms with van der Waals surface area (Å²) in [6.07, 6.45) is 9.85. The molecule has 1 aromatic heterocycles. The number of thioether (sulfide) groups is 1. The number of nitrogens with zero attached hydrogens (tertiary/aromatic N) is 2. The van der Waals surface area contributed by atoms with Crippen LogP contribution in [0.1, 0.15) is 101 Å². The van der Waals surface area contributed by atoms with Gasteiger partial charge in [0.25, 0.3) is 0 Å². The monoisotopic (exact) mass is 680 g/mol. The van der Waals surface area contributed by atoms with Crippen molar-refractivity contribution in [2.45, 2.75) is 98.5 Å². The molecule has 4 N–H and O–H groups in total. The van der Waals surface area contributed by atoms with Crippen LogP contribution in [0.3, 0.4) is 0 Å². The highest BCUT2D eigenvalue weighted by molar-refractivity contribution is 7.98. The first kappa shape index (κ1) is 39.1. The first-order valence-electron chi connectivity index (χ1n) is 17.1. The summed E-state index contributed by atoms with van der Waals surface area (Å²) in [5.74, 6) is 8.87. The lowest BCUT2D eigenvalue weighted by atomic mass is 9.96. The van der Waals surface area contributed by atoms with Crippen LogP contribution < -0.4 is 11.5 Å². The molecule has 7 nitrogen and oxygen atoms in total. The molecule has 1 aliphatic heterocycles. The molecule has 2 unspecified atom stereocenters. The Labute approximate surface area is 297 Å². The molecule has 2 atom stereocenters. The van der Waals surface area contributed by atoms with E-state index >= 15 is 0 Å². The lowest BCUT2D eigenvalue weighted by Crippen LogP contribution is -2.11. The number of rotatable bonds is 12. The fourth-order valence-corrected chi connectivity index (χ4v) is 6.40. The van der Waals surface area contributed by atoms with E-state index in [9.17, 15) is 4.79 Å². The van der Waals surface area contributed by atoms with Crippen molar-refractivity contribution in [3.63, 3.8) is 0 Å². The molecule has 0 saturated carbocycles. The molecule has 0 radical (unpaired) electrons. The third kappa shape index (κ3) is 12.0. The van der Waals surface area contributed by atoms with Gasteiger partial charge in [-0.3, -0.25) is 9.79 Å². The second-order valence-corrected chi connectivity index (χ2v) is 13.1. The number of ether oxygens (including phenoxy) is 1. The number of primary amides is 1. The molecule has 3 aromatic rings. The number of hydrogen-bond donors (Lipinski definition) is 2. The topological polar surface area (TPSA) is 117 Å². The maximum Gasteiger partial charge on any atom is 0.248 e. The van der Waals surface area contributed by atoms with Crippen molar-refractivity contribution < 1.29 is 14.1 Å². The van der Waals surface area contributed by atoms with Gasteiger partial charge in [0, 0.05) is 62.5 Å². The number of aliphatic imine (C=N–C) groups is 1. The molecule has 0 spiro atoms. The van der Waals surface area contributed by atoms with Crippen LogP contribution in [0.5, 0.6) is 0 Å². The zero-order valence-corrected chi connectivity index (χ0v) is 31.0. The molecular weight excluding hydrogens is 629 g/mol. The summed E-state index contributed by atoms with van der Waals surface area (Å²) >= 11 is 1.91. The molecule has 2 aromatic carbocycles. The van der Waals surface area contributed by atoms with Crippen molar-refractivity contribution in [3.8, 4) is 23.2 Å². The van der Waals surface area contributed by atoms with Crippen LogP contribution in [0, 0.1) is 18.8 Å². The number of hydrogen-bond acceptors (Lipinski definition) is 7. The van der Waals surface area contributed by atoms with E-state index in [0.717, 1.165) is 81.5 Å². The Morgan fingerprint density at radius 3 is 2.39 bits per heavy atom. The largest absolute Gasteiger partial charge is 0.398 e. The number of carbonyl (C=O) groups excluding carboxylic acids is 1. The van der Waals surface area contributed by atoms with Crippen molar-refractivity contribution in [2.24, 2.45) is 16.5 Å². The number of allylic oxidation sites excluding steroid dienone is 4. The number of nitrogens with two attached hydrogens (primary N) is 2. The van der Waals surface area contributed by atoms with Crippen LogP contribution in [0.15, 0.2) is 98.3 Å². The molecule has 1 aliphatic rings. The predicted octanol–water partition coefficient (Wildman–Crippen LogP) is 9.32. The highest BCUT2D eigenvalue weighted by Gasteiger charge is 2.22. The minimum absolute atomic E-state index is 0.408. The fraction of sp³-hybridized carbons (Fsp3) is 0.390. The molecule has 8 heteroatoms. The summed E-state index contributed by atoms with van der Waals surface area (Å²) in [6, 6.07) is 17.1. The van der Waals surface area contributed by atoms with E-state index in [4.69, 9.17) is 20.7 Å². The number of aryl methyl sites for hydroxylation is 1. The van der Waals surface area contributed by atoms with Gasteiger partial charge in [-0.1, -0.05) is 73.7 Å². The molecule has 1 fully saturated rings. The maximum absolute atomic E-state index is 11.2. The van der Waals surface area contributed by atoms with Crippen LogP contribution in [-0.2, 0) is 10.5 Å². The summed E-state index contributed by atoms with van der Waals surface area (Å²) in [6.45, 7) is 14.2. The van der Waals surface area contributed by atoms with Crippen molar-refractivity contribution in [3.05, 3.63) is 111 Å². The molecule has 0 bridgehead atoms. The first-order chi connectivity index (χ1) is 23.6. The van der Waals surface area contributed by atoms with E-state index in [1.54, 1.807) is 30.5 Å². The van der Waals surface area contributed by atoms with Crippen LogP contribution in [0.25, 0.3) is 11.3 Å². The minimum atomic E-state index is -0.450. The summed E-state index contributed by atoms with van der Waals surface area (Å²) < 4.78 is 11.4. The number of carbonyl (C=O) groups is 1. The van der Waals surface area contributed by atoms with Gasteiger partial charge in [0.1, 0.15) is 0 Å². The van der Waals surface area contributed by atoms with Gasteiger partial charge in [0.2, 0.25) is 5.91 Å². The molecule has 49 heavy (non-hydrogen) atoms. The Kier molecular flexibility index (Phi) is 16.2. The smallest absolute Gasteiger partial charge is 0.248 e. The number of aromatic nitrogens is 1. The lowest BCUT2D eigenvalue weighted by molar-refractivity contribution is 0.0700. The Morgan fingerprint density at radius 1 is 1.08 bits per heavy atom. The third-order valence-electron chi connectivity index (χ3n) is 8.25.